The van der Waals surface area contributed by atoms with Crippen molar-refractivity contribution in [1.82, 2.24) is 0 Å². The second-order valence-electron chi connectivity index (χ2n) is 11.4. The summed E-state index contributed by atoms with van der Waals surface area (Å²) in [6.07, 6.45) is 24.2. The van der Waals surface area contributed by atoms with Crippen LogP contribution in [0.3, 0.4) is 0 Å². The molecule has 0 amide bonds. The van der Waals surface area contributed by atoms with Crippen LogP contribution in [-0.4, -0.2) is 13.2 Å². The quantitative estimate of drug-likeness (QED) is 0.146. The van der Waals surface area contributed by atoms with Crippen LogP contribution in [-0.2, 0) is 0 Å². The Morgan fingerprint density at radius 1 is 0.676 bits per heavy atom. The molecule has 0 aliphatic carbocycles. The van der Waals surface area contributed by atoms with Gasteiger partial charge < -0.3 is 15.2 Å². The van der Waals surface area contributed by atoms with Crippen LogP contribution >= 0.6 is 11.3 Å². The van der Waals surface area contributed by atoms with Crippen molar-refractivity contribution in [1.29, 1.82) is 0 Å². The third-order valence-electron chi connectivity index (χ3n) is 8.06. The van der Waals surface area contributed by atoms with E-state index < -0.39 is 0 Å². The summed E-state index contributed by atoms with van der Waals surface area (Å²) in [5.74, 6) is 1.86. The Bertz CT molecular complexity index is 840. The zero-order valence-corrected chi connectivity index (χ0v) is 24.6. The van der Waals surface area contributed by atoms with Crippen LogP contribution in [0.15, 0.2) is 29.6 Å². The van der Waals surface area contributed by atoms with Crippen molar-refractivity contribution in [3.8, 4) is 21.9 Å². The molecule has 2 heterocycles. The summed E-state index contributed by atoms with van der Waals surface area (Å²) in [6.45, 7) is 6.14. The van der Waals surface area contributed by atoms with Gasteiger partial charge in [-0.05, 0) is 30.5 Å². The fourth-order valence-corrected chi connectivity index (χ4v) is 6.52. The van der Waals surface area contributed by atoms with E-state index in [0.717, 1.165) is 40.8 Å². The van der Waals surface area contributed by atoms with Crippen LogP contribution < -0.4 is 15.2 Å². The molecular formula is C33H53NO2S. The lowest BCUT2D eigenvalue weighted by Gasteiger charge is -2.31. The van der Waals surface area contributed by atoms with Gasteiger partial charge in [0.1, 0.15) is 0 Å². The fraction of sp³-hybridized carbons (Fsp3) is 0.697. The first-order chi connectivity index (χ1) is 18.2. The largest absolute Gasteiger partial charge is 0.488 e. The summed E-state index contributed by atoms with van der Waals surface area (Å²) in [5.41, 5.74) is 7.99. The molecular weight excluding hydrogens is 474 g/mol. The second-order valence-corrected chi connectivity index (χ2v) is 12.3. The smallest absolute Gasteiger partial charge is 0.179 e. The Hall–Kier alpha value is -1.68. The summed E-state index contributed by atoms with van der Waals surface area (Å²) < 4.78 is 13.1. The molecule has 0 spiro atoms. The molecule has 0 radical (unpaired) electrons. The van der Waals surface area contributed by atoms with E-state index in [-0.39, 0.29) is 5.41 Å². The number of fused-ring (bicyclic) bond motifs is 1. The molecule has 4 heteroatoms. The Morgan fingerprint density at radius 2 is 1.16 bits per heavy atom. The molecule has 0 saturated carbocycles. The first-order valence-corrected chi connectivity index (χ1v) is 16.3. The van der Waals surface area contributed by atoms with Crippen molar-refractivity contribution in [3.63, 3.8) is 0 Å². The number of hydrogen-bond acceptors (Lipinski definition) is 4. The molecule has 0 unspecified atom stereocenters. The standard InChI is InChI=1S/C33H53NO2S/c1-3-5-7-9-11-13-15-17-23-33(24-18-16-14-12-10-8-6-4-2)26-35-30-25-37-32(31(30)36-27-33)28-19-21-29(34)22-20-28/h19-22,25H,3-18,23-24,26-27,34H2,1-2H3. The Kier molecular flexibility index (Phi) is 13.7. The van der Waals surface area contributed by atoms with Gasteiger partial charge in [0.05, 0.1) is 18.1 Å². The minimum Gasteiger partial charge on any atom is -0.488 e. The second kappa shape index (κ2) is 17.0. The molecule has 2 aromatic rings. The highest BCUT2D eigenvalue weighted by Crippen LogP contribution is 2.48. The molecule has 1 aliphatic rings. The Balaban J connectivity index is 1.54. The maximum Gasteiger partial charge on any atom is 0.179 e. The van der Waals surface area contributed by atoms with Crippen LogP contribution in [0, 0.1) is 5.41 Å². The van der Waals surface area contributed by atoms with Gasteiger partial charge in [-0.1, -0.05) is 129 Å². The average Bonchev–Trinajstić information content (AvgIpc) is 3.23. The topological polar surface area (TPSA) is 44.5 Å². The SMILES string of the molecule is CCCCCCCCCCC1(CCCCCCCCCC)COc2csc(-c3ccc(N)cc3)c2OC1. The number of thiophene rings is 1. The maximum absolute atomic E-state index is 6.62. The molecule has 3 rings (SSSR count). The van der Waals surface area contributed by atoms with E-state index in [1.165, 1.54) is 116 Å². The van der Waals surface area contributed by atoms with Crippen LogP contribution in [0.4, 0.5) is 5.69 Å². The Morgan fingerprint density at radius 3 is 1.70 bits per heavy atom. The van der Waals surface area contributed by atoms with Gasteiger partial charge in [-0.3, -0.25) is 0 Å². The number of benzene rings is 1. The molecule has 3 nitrogen and oxygen atoms in total. The fourth-order valence-electron chi connectivity index (χ4n) is 5.58. The molecule has 0 saturated heterocycles. The van der Waals surface area contributed by atoms with Gasteiger partial charge in [0.15, 0.2) is 11.5 Å². The van der Waals surface area contributed by atoms with Gasteiger partial charge >= 0.3 is 0 Å². The minimum atomic E-state index is 0.124. The summed E-state index contributed by atoms with van der Waals surface area (Å²) >= 11 is 1.71. The van der Waals surface area contributed by atoms with E-state index in [4.69, 9.17) is 15.2 Å². The maximum atomic E-state index is 6.62. The number of anilines is 1. The van der Waals surface area contributed by atoms with Crippen molar-refractivity contribution >= 4 is 17.0 Å². The summed E-state index contributed by atoms with van der Waals surface area (Å²) in [4.78, 5) is 1.16. The number of unbranched alkanes of at least 4 members (excludes halogenated alkanes) is 14. The molecule has 0 bridgehead atoms. The highest BCUT2D eigenvalue weighted by Gasteiger charge is 2.35. The van der Waals surface area contributed by atoms with E-state index in [1.807, 2.05) is 12.1 Å². The summed E-state index contributed by atoms with van der Waals surface area (Å²) in [5, 5.41) is 2.13. The summed E-state index contributed by atoms with van der Waals surface area (Å²) in [6, 6.07) is 8.11. The number of nitrogens with two attached hydrogens (primary N) is 1. The molecule has 0 atom stereocenters. The van der Waals surface area contributed by atoms with Gasteiger partial charge in [0.25, 0.3) is 0 Å². The van der Waals surface area contributed by atoms with Crippen molar-refractivity contribution < 1.29 is 9.47 Å². The highest BCUT2D eigenvalue weighted by atomic mass is 32.1. The Labute approximate surface area is 231 Å². The van der Waals surface area contributed by atoms with E-state index in [2.05, 4.69) is 31.4 Å². The average molecular weight is 528 g/mol. The molecule has 2 N–H and O–H groups in total. The number of ether oxygens (including phenoxy) is 2. The van der Waals surface area contributed by atoms with Crippen molar-refractivity contribution in [2.24, 2.45) is 5.41 Å². The minimum absolute atomic E-state index is 0.124. The molecule has 1 aliphatic heterocycles. The van der Waals surface area contributed by atoms with E-state index in [1.54, 1.807) is 11.3 Å². The normalized spacial score (nSPS) is 14.5. The predicted molar refractivity (Wildman–Crippen MR) is 162 cm³/mol. The third-order valence-corrected chi connectivity index (χ3v) is 9.05. The molecule has 37 heavy (non-hydrogen) atoms. The predicted octanol–water partition coefficient (Wildman–Crippen LogP) is 10.8. The van der Waals surface area contributed by atoms with Crippen molar-refractivity contribution in [2.75, 3.05) is 18.9 Å². The van der Waals surface area contributed by atoms with Crippen molar-refractivity contribution in [3.05, 3.63) is 29.6 Å². The van der Waals surface area contributed by atoms with Gasteiger partial charge in [0.2, 0.25) is 0 Å². The molecule has 1 aromatic carbocycles. The molecule has 0 fully saturated rings. The summed E-state index contributed by atoms with van der Waals surface area (Å²) in [7, 11) is 0. The third kappa shape index (κ3) is 10.2. The lowest BCUT2D eigenvalue weighted by atomic mass is 9.79. The number of hydrogen-bond donors (Lipinski definition) is 1. The van der Waals surface area contributed by atoms with E-state index in [0.29, 0.717) is 0 Å². The molecule has 208 valence electrons. The van der Waals surface area contributed by atoms with Gasteiger partial charge in [-0.2, -0.15) is 0 Å². The number of rotatable bonds is 19. The van der Waals surface area contributed by atoms with Gasteiger partial charge in [-0.15, -0.1) is 11.3 Å². The number of nitrogen functional groups attached to an aromatic ring is 1. The van der Waals surface area contributed by atoms with Crippen LogP contribution in [0.25, 0.3) is 10.4 Å². The lowest BCUT2D eigenvalue weighted by Crippen LogP contribution is -2.33. The van der Waals surface area contributed by atoms with Crippen LogP contribution in [0.5, 0.6) is 11.5 Å². The molecule has 1 aromatic heterocycles. The van der Waals surface area contributed by atoms with E-state index >= 15 is 0 Å². The van der Waals surface area contributed by atoms with Crippen molar-refractivity contribution in [2.45, 2.75) is 129 Å². The van der Waals surface area contributed by atoms with Gasteiger partial charge in [0, 0.05) is 16.5 Å². The first kappa shape index (κ1) is 29.9. The zero-order valence-electron chi connectivity index (χ0n) is 23.8. The lowest BCUT2D eigenvalue weighted by molar-refractivity contribution is 0.0783. The van der Waals surface area contributed by atoms with Crippen LogP contribution in [0.2, 0.25) is 0 Å². The highest BCUT2D eigenvalue weighted by molar-refractivity contribution is 7.14. The first-order valence-electron chi connectivity index (χ1n) is 15.4. The van der Waals surface area contributed by atoms with Gasteiger partial charge in [-0.25, -0.2) is 0 Å². The van der Waals surface area contributed by atoms with E-state index in [9.17, 15) is 0 Å². The zero-order chi connectivity index (χ0) is 26.2. The van der Waals surface area contributed by atoms with Crippen LogP contribution in [0.1, 0.15) is 129 Å². The monoisotopic (exact) mass is 527 g/mol.